The van der Waals surface area contributed by atoms with Crippen LogP contribution in [0.5, 0.6) is 0 Å². The SMILES string of the molecule is CC1(C)c2ccccc2-c2c1ccc1c(-c3cccc(-c4cccc(-c5nc(-c6ccccc6)nc(-c6ccccc6)n5)c4)c3)cccc21.CC1(C)c2ccccc2-c2c1ccc1cc(-c3cccc(-c4nc(-c5ccccc5)nc(-c5ccc(-c6ccccc6)cc5)n4)c3)ccc21.CC1(C)c2ccccc2-c2cc3c(-c4ccc(-c5nc(-c6ccccc6)nc(-c6ccccc6)n5)c5ccccc45)cccc3cc21. The maximum Gasteiger partial charge on any atom is 0.164 e. The van der Waals surface area contributed by atoms with Gasteiger partial charge in [0.25, 0.3) is 0 Å². The Bertz CT molecular complexity index is 9070. The van der Waals surface area contributed by atoms with Crippen LogP contribution in [0.25, 0.3) is 235 Å². The van der Waals surface area contributed by atoms with Crippen molar-refractivity contribution in [2.75, 3.05) is 0 Å². The summed E-state index contributed by atoms with van der Waals surface area (Å²) in [4.78, 5) is 44.8. The fourth-order valence-electron chi connectivity index (χ4n) is 22.2. The Kier molecular flexibility index (Phi) is 22.1. The van der Waals surface area contributed by atoms with Gasteiger partial charge in [-0.15, -0.1) is 0 Å². The Labute approximate surface area is 843 Å². The van der Waals surface area contributed by atoms with Gasteiger partial charge in [-0.3, -0.25) is 0 Å². The smallest absolute Gasteiger partial charge is 0.164 e. The van der Waals surface area contributed by atoms with Crippen LogP contribution >= 0.6 is 0 Å². The highest BCUT2D eigenvalue weighted by atomic mass is 15.1. The predicted molar refractivity (Wildman–Crippen MR) is 598 cm³/mol. The van der Waals surface area contributed by atoms with Crippen molar-refractivity contribution in [3.05, 3.63) is 513 Å². The quantitative estimate of drug-likeness (QED) is 0.105. The lowest BCUT2D eigenvalue weighted by molar-refractivity contribution is 0.660. The highest BCUT2D eigenvalue weighted by molar-refractivity contribution is 6.12. The van der Waals surface area contributed by atoms with Gasteiger partial charge in [0.1, 0.15) is 0 Å². The van der Waals surface area contributed by atoms with Crippen molar-refractivity contribution in [3.8, 4) is 192 Å². The lowest BCUT2D eigenvalue weighted by atomic mass is 9.81. The molecule has 3 aromatic heterocycles. The number of aromatic nitrogens is 9. The van der Waals surface area contributed by atoms with Gasteiger partial charge in [-0.2, -0.15) is 0 Å². The molecule has 0 spiro atoms. The van der Waals surface area contributed by atoms with Crippen LogP contribution in [0.2, 0.25) is 0 Å². The fraction of sp³-hybridized carbons (Fsp3) is 0.0662. The van der Waals surface area contributed by atoms with E-state index in [1.165, 1.54) is 132 Å². The lowest BCUT2D eigenvalue weighted by Gasteiger charge is -2.22. The van der Waals surface area contributed by atoms with E-state index in [9.17, 15) is 0 Å². The molecule has 27 rings (SSSR count). The third-order valence-electron chi connectivity index (χ3n) is 29.6. The highest BCUT2D eigenvalue weighted by Crippen LogP contribution is 2.56. The van der Waals surface area contributed by atoms with Crippen molar-refractivity contribution < 1.29 is 0 Å². The molecule has 0 bridgehead atoms. The Balaban J connectivity index is 0.000000114. The number of nitrogens with zero attached hydrogens (tertiary/aromatic N) is 9. The molecule has 0 radical (unpaired) electrons. The first kappa shape index (κ1) is 88.1. The molecule has 0 saturated heterocycles. The topological polar surface area (TPSA) is 116 Å². The van der Waals surface area contributed by atoms with E-state index in [0.29, 0.717) is 52.4 Å². The summed E-state index contributed by atoms with van der Waals surface area (Å²) in [6.07, 6.45) is 0. The molecular formula is C136H97N9. The standard InChI is InChI=1S/2C46H33N3.C44H31N3/c1-46(2)40-25-10-9-22-39(40)42-38-24-13-23-36(37(38)26-27-41(42)46)34-20-11-18-32(28-34)33-19-12-21-35(29-33)45-48-43(30-14-5-3-6-15-30)47-44(49-45)31-16-7-4-8-17-31;1-46(2)40-19-10-9-18-39(40)42-38-26-24-35(28-36(38)25-27-41(42)46)34-16-11-17-37(29-34)45-48-43(32-14-7-4-8-15-32)47-44(49-45)33-22-20-31(21-23-33)30-12-5-3-6-13-30;1-44(2)39-23-12-11-21-35(39)38-27-37-30(26-40(38)44)18-13-22-33(37)34-24-25-36(32-20-10-9-19-31(32)34)43-46-41(28-14-5-3-6-15-28)45-42(47-43)29-16-7-4-8-17-29/h2*3-29H,1-2H3;3-27H,1-2H3. The van der Waals surface area contributed by atoms with E-state index >= 15 is 0 Å². The zero-order valence-electron chi connectivity index (χ0n) is 81.1. The molecule has 0 unspecified atom stereocenters. The second-order valence-corrected chi connectivity index (χ2v) is 39.4. The molecule has 0 atom stereocenters. The average Bonchev–Trinajstić information content (AvgIpc) is 1.55. The van der Waals surface area contributed by atoms with Crippen LogP contribution in [0.1, 0.15) is 74.9 Å². The first-order chi connectivity index (χ1) is 71.1. The molecular weight excluding hydrogens is 1760 g/mol. The van der Waals surface area contributed by atoms with Gasteiger partial charge in [-0.05, 0) is 208 Å². The number of rotatable bonds is 14. The normalized spacial score (nSPS) is 12.9. The molecule has 0 saturated carbocycles. The Morgan fingerprint density at radius 2 is 0.407 bits per heavy atom. The molecule has 9 nitrogen and oxygen atoms in total. The van der Waals surface area contributed by atoms with E-state index in [2.05, 4.69) is 363 Å². The summed E-state index contributed by atoms with van der Waals surface area (Å²) in [6, 6.07) is 169. The van der Waals surface area contributed by atoms with Crippen molar-refractivity contribution in [1.29, 1.82) is 0 Å². The molecule has 3 heterocycles. The summed E-state index contributed by atoms with van der Waals surface area (Å²) < 4.78 is 0. The van der Waals surface area contributed by atoms with Crippen molar-refractivity contribution in [3.63, 3.8) is 0 Å². The van der Waals surface area contributed by atoms with E-state index in [1.54, 1.807) is 0 Å². The van der Waals surface area contributed by atoms with Gasteiger partial charge in [0.15, 0.2) is 52.4 Å². The molecule has 0 fully saturated rings. The van der Waals surface area contributed by atoms with Gasteiger partial charge < -0.3 is 0 Å². The Hall–Kier alpha value is -18.3. The van der Waals surface area contributed by atoms with E-state index in [4.69, 9.17) is 44.9 Å². The van der Waals surface area contributed by atoms with Gasteiger partial charge in [-0.25, -0.2) is 44.9 Å². The number of hydrogen-bond acceptors (Lipinski definition) is 9. The molecule has 9 heteroatoms. The van der Waals surface area contributed by atoms with Gasteiger partial charge >= 0.3 is 0 Å². The lowest BCUT2D eigenvalue weighted by Crippen LogP contribution is -2.14. The molecule has 0 aliphatic heterocycles. The third kappa shape index (κ3) is 16.1. The summed E-state index contributed by atoms with van der Waals surface area (Å²) >= 11 is 0. The first-order valence-corrected chi connectivity index (χ1v) is 49.7. The minimum atomic E-state index is -0.0355. The summed E-state index contributed by atoms with van der Waals surface area (Å²) in [7, 11) is 0. The number of fused-ring (bicyclic) bond motifs is 15. The summed E-state index contributed by atoms with van der Waals surface area (Å²) in [5.41, 5.74) is 36.7. The summed E-state index contributed by atoms with van der Waals surface area (Å²) in [5, 5.41) is 9.90. The zero-order chi connectivity index (χ0) is 97.4. The largest absolute Gasteiger partial charge is 0.208 e. The molecule has 3 aliphatic rings. The molecule has 145 heavy (non-hydrogen) atoms. The van der Waals surface area contributed by atoms with Gasteiger partial charge in [0, 0.05) is 66.3 Å². The van der Waals surface area contributed by atoms with Crippen LogP contribution in [-0.4, -0.2) is 44.9 Å². The predicted octanol–water partition coefficient (Wildman–Crippen LogP) is 34.5. The van der Waals surface area contributed by atoms with Crippen LogP contribution < -0.4 is 0 Å². The molecule has 3 aliphatic carbocycles. The molecule has 0 amide bonds. The van der Waals surface area contributed by atoms with Gasteiger partial charge in [0.2, 0.25) is 0 Å². The van der Waals surface area contributed by atoms with Crippen LogP contribution in [0.15, 0.2) is 479 Å². The second-order valence-electron chi connectivity index (χ2n) is 39.4. The Morgan fingerprint density at radius 3 is 0.903 bits per heavy atom. The maximum atomic E-state index is 5.05. The molecule has 21 aromatic carbocycles. The molecule has 686 valence electrons. The zero-order valence-corrected chi connectivity index (χ0v) is 81.1. The second kappa shape index (κ2) is 36.4. The van der Waals surface area contributed by atoms with E-state index in [1.807, 2.05) is 158 Å². The van der Waals surface area contributed by atoms with Crippen molar-refractivity contribution in [2.24, 2.45) is 0 Å². The molecule has 24 aromatic rings. The van der Waals surface area contributed by atoms with Crippen molar-refractivity contribution >= 4 is 43.1 Å². The minimum absolute atomic E-state index is 0.0148. The van der Waals surface area contributed by atoms with Crippen LogP contribution in [0, 0.1) is 0 Å². The third-order valence-corrected chi connectivity index (χ3v) is 29.6. The van der Waals surface area contributed by atoms with Crippen molar-refractivity contribution in [1.82, 2.24) is 44.9 Å². The van der Waals surface area contributed by atoms with E-state index in [-0.39, 0.29) is 16.2 Å². The van der Waals surface area contributed by atoms with Crippen LogP contribution in [0.3, 0.4) is 0 Å². The highest BCUT2D eigenvalue weighted by Gasteiger charge is 2.40. The minimum Gasteiger partial charge on any atom is -0.208 e. The summed E-state index contributed by atoms with van der Waals surface area (Å²) in [5.74, 6) is 5.90. The van der Waals surface area contributed by atoms with Crippen LogP contribution in [0.4, 0.5) is 0 Å². The average molecular weight is 1860 g/mol. The van der Waals surface area contributed by atoms with Crippen LogP contribution in [-0.2, 0) is 16.2 Å². The molecule has 0 N–H and O–H groups in total. The Morgan fingerprint density at radius 1 is 0.124 bits per heavy atom. The van der Waals surface area contributed by atoms with E-state index < -0.39 is 0 Å². The van der Waals surface area contributed by atoms with Crippen molar-refractivity contribution in [2.45, 2.75) is 57.8 Å². The van der Waals surface area contributed by atoms with Gasteiger partial charge in [-0.1, -0.05) is 478 Å². The fourth-order valence-corrected chi connectivity index (χ4v) is 22.2. The summed E-state index contributed by atoms with van der Waals surface area (Å²) in [6.45, 7) is 14.0. The maximum absolute atomic E-state index is 5.05. The first-order valence-electron chi connectivity index (χ1n) is 49.7. The van der Waals surface area contributed by atoms with Gasteiger partial charge in [0.05, 0.1) is 0 Å². The monoisotopic (exact) mass is 1860 g/mol. The van der Waals surface area contributed by atoms with E-state index in [0.717, 1.165) is 83.3 Å². The number of benzene rings is 21. The number of hydrogen-bond donors (Lipinski definition) is 0.